The second-order valence-corrected chi connectivity index (χ2v) is 6.45. The molecule has 21 heavy (non-hydrogen) atoms. The first kappa shape index (κ1) is 14.2. The first-order valence-electron chi connectivity index (χ1n) is 8.07. The smallest absolute Gasteiger partial charge is 0.251 e. The third-order valence-corrected chi connectivity index (χ3v) is 4.79. The lowest BCUT2D eigenvalue weighted by molar-refractivity contribution is 0.0950. The SMILES string of the molecule is CC1CCC(CCNC(=O)c2ccc3[nH]ccc3c2)CC1. The van der Waals surface area contributed by atoms with E-state index in [4.69, 9.17) is 0 Å². The van der Waals surface area contributed by atoms with Gasteiger partial charge in [0.15, 0.2) is 0 Å². The average Bonchev–Trinajstić information content (AvgIpc) is 2.96. The van der Waals surface area contributed by atoms with Crippen molar-refractivity contribution in [1.29, 1.82) is 0 Å². The fourth-order valence-electron chi connectivity index (χ4n) is 3.30. The zero-order valence-corrected chi connectivity index (χ0v) is 12.7. The molecule has 1 amide bonds. The first-order valence-corrected chi connectivity index (χ1v) is 8.07. The molecule has 1 aliphatic carbocycles. The zero-order valence-electron chi connectivity index (χ0n) is 12.7. The summed E-state index contributed by atoms with van der Waals surface area (Å²) in [4.78, 5) is 15.3. The molecule has 0 aliphatic heterocycles. The Morgan fingerprint density at radius 3 is 2.86 bits per heavy atom. The summed E-state index contributed by atoms with van der Waals surface area (Å²) in [5.41, 5.74) is 1.82. The number of hydrogen-bond acceptors (Lipinski definition) is 1. The van der Waals surface area contributed by atoms with E-state index < -0.39 is 0 Å². The van der Waals surface area contributed by atoms with Crippen LogP contribution >= 0.6 is 0 Å². The monoisotopic (exact) mass is 284 g/mol. The van der Waals surface area contributed by atoms with Gasteiger partial charge in [0, 0.05) is 29.2 Å². The fraction of sp³-hybridized carbons (Fsp3) is 0.500. The van der Waals surface area contributed by atoms with Crippen molar-refractivity contribution in [3.63, 3.8) is 0 Å². The topological polar surface area (TPSA) is 44.9 Å². The van der Waals surface area contributed by atoms with Crippen LogP contribution in [0.3, 0.4) is 0 Å². The van der Waals surface area contributed by atoms with Gasteiger partial charge >= 0.3 is 0 Å². The van der Waals surface area contributed by atoms with Gasteiger partial charge in [0.2, 0.25) is 0 Å². The van der Waals surface area contributed by atoms with Crippen LogP contribution in [0, 0.1) is 11.8 Å². The summed E-state index contributed by atoms with van der Waals surface area (Å²) in [5, 5.41) is 4.15. The lowest BCUT2D eigenvalue weighted by atomic mass is 9.81. The maximum atomic E-state index is 12.2. The van der Waals surface area contributed by atoms with Gasteiger partial charge in [-0.2, -0.15) is 0 Å². The van der Waals surface area contributed by atoms with Gasteiger partial charge in [-0.15, -0.1) is 0 Å². The van der Waals surface area contributed by atoms with E-state index in [0.717, 1.165) is 41.3 Å². The molecule has 3 nitrogen and oxygen atoms in total. The average molecular weight is 284 g/mol. The lowest BCUT2D eigenvalue weighted by Gasteiger charge is -2.26. The molecule has 1 aromatic carbocycles. The molecule has 3 heteroatoms. The maximum absolute atomic E-state index is 12.2. The quantitative estimate of drug-likeness (QED) is 0.871. The molecule has 0 saturated heterocycles. The Morgan fingerprint density at radius 2 is 2.05 bits per heavy atom. The Hall–Kier alpha value is -1.77. The molecular weight excluding hydrogens is 260 g/mol. The minimum atomic E-state index is 0.0438. The number of rotatable bonds is 4. The normalized spacial score (nSPS) is 22.3. The Morgan fingerprint density at radius 1 is 1.24 bits per heavy atom. The van der Waals surface area contributed by atoms with E-state index >= 15 is 0 Å². The van der Waals surface area contributed by atoms with E-state index in [0.29, 0.717) is 0 Å². The Bertz CT molecular complexity index is 608. The zero-order chi connectivity index (χ0) is 14.7. The van der Waals surface area contributed by atoms with E-state index in [2.05, 4.69) is 17.2 Å². The number of carbonyl (C=O) groups excluding carboxylic acids is 1. The number of benzene rings is 1. The molecule has 0 atom stereocenters. The van der Waals surface area contributed by atoms with Crippen LogP contribution in [-0.4, -0.2) is 17.4 Å². The molecule has 1 aromatic heterocycles. The van der Waals surface area contributed by atoms with Crippen molar-refractivity contribution in [2.75, 3.05) is 6.54 Å². The van der Waals surface area contributed by atoms with Crippen LogP contribution in [0.1, 0.15) is 49.4 Å². The van der Waals surface area contributed by atoms with Crippen molar-refractivity contribution >= 4 is 16.8 Å². The predicted molar refractivity (Wildman–Crippen MR) is 86.4 cm³/mol. The number of carbonyl (C=O) groups is 1. The molecule has 2 N–H and O–H groups in total. The van der Waals surface area contributed by atoms with Gasteiger partial charge in [0.05, 0.1) is 0 Å². The minimum Gasteiger partial charge on any atom is -0.361 e. The molecule has 2 aromatic rings. The second-order valence-electron chi connectivity index (χ2n) is 6.45. The summed E-state index contributed by atoms with van der Waals surface area (Å²) < 4.78 is 0. The van der Waals surface area contributed by atoms with Gasteiger partial charge in [0.1, 0.15) is 0 Å². The number of H-pyrrole nitrogens is 1. The van der Waals surface area contributed by atoms with E-state index in [9.17, 15) is 4.79 Å². The third-order valence-electron chi connectivity index (χ3n) is 4.79. The van der Waals surface area contributed by atoms with Crippen molar-refractivity contribution in [3.05, 3.63) is 36.0 Å². The molecule has 1 aliphatic rings. The summed E-state index contributed by atoms with van der Waals surface area (Å²) in [6.07, 6.45) is 8.37. The van der Waals surface area contributed by atoms with E-state index in [1.54, 1.807) is 0 Å². The van der Waals surface area contributed by atoms with Crippen LogP contribution < -0.4 is 5.32 Å². The van der Waals surface area contributed by atoms with Crippen molar-refractivity contribution in [2.24, 2.45) is 11.8 Å². The fourth-order valence-corrected chi connectivity index (χ4v) is 3.30. The Labute approximate surface area is 126 Å². The standard InChI is InChI=1S/C18H24N2O/c1-13-2-4-14(5-3-13)8-10-20-18(21)16-6-7-17-15(12-16)9-11-19-17/h6-7,9,11-14,19H,2-5,8,10H2,1H3,(H,20,21). The van der Waals surface area contributed by atoms with Crippen LogP contribution in [0.5, 0.6) is 0 Å². The Kier molecular flexibility index (Phi) is 4.28. The van der Waals surface area contributed by atoms with Crippen LogP contribution in [-0.2, 0) is 0 Å². The van der Waals surface area contributed by atoms with Crippen molar-refractivity contribution in [2.45, 2.75) is 39.0 Å². The molecular formula is C18H24N2O. The van der Waals surface area contributed by atoms with Gasteiger partial charge in [-0.25, -0.2) is 0 Å². The summed E-state index contributed by atoms with van der Waals surface area (Å²) in [6, 6.07) is 7.79. The number of nitrogens with one attached hydrogen (secondary N) is 2. The largest absolute Gasteiger partial charge is 0.361 e. The summed E-state index contributed by atoms with van der Waals surface area (Å²) >= 11 is 0. The number of amides is 1. The van der Waals surface area contributed by atoms with Crippen LogP contribution in [0.4, 0.5) is 0 Å². The third kappa shape index (κ3) is 3.46. The highest BCUT2D eigenvalue weighted by Crippen LogP contribution is 2.29. The van der Waals surface area contributed by atoms with E-state index in [1.165, 1.54) is 25.7 Å². The number of hydrogen-bond donors (Lipinski definition) is 2. The van der Waals surface area contributed by atoms with E-state index in [-0.39, 0.29) is 5.91 Å². The van der Waals surface area contributed by atoms with Crippen LogP contribution in [0.25, 0.3) is 10.9 Å². The summed E-state index contributed by atoms with van der Waals surface area (Å²) in [6.45, 7) is 3.14. The summed E-state index contributed by atoms with van der Waals surface area (Å²) in [5.74, 6) is 1.74. The molecule has 1 fully saturated rings. The highest BCUT2D eigenvalue weighted by atomic mass is 16.1. The van der Waals surface area contributed by atoms with Gasteiger partial charge in [-0.1, -0.05) is 32.6 Å². The van der Waals surface area contributed by atoms with Crippen molar-refractivity contribution in [3.8, 4) is 0 Å². The number of aromatic nitrogens is 1. The molecule has 0 bridgehead atoms. The van der Waals surface area contributed by atoms with Gasteiger partial charge in [-0.3, -0.25) is 4.79 Å². The van der Waals surface area contributed by atoms with E-state index in [1.807, 2.05) is 30.5 Å². The van der Waals surface area contributed by atoms with Gasteiger partial charge in [0.25, 0.3) is 5.91 Å². The predicted octanol–water partition coefficient (Wildman–Crippen LogP) is 4.11. The van der Waals surface area contributed by atoms with Crippen molar-refractivity contribution in [1.82, 2.24) is 10.3 Å². The molecule has 3 rings (SSSR count). The van der Waals surface area contributed by atoms with Gasteiger partial charge < -0.3 is 10.3 Å². The van der Waals surface area contributed by atoms with Gasteiger partial charge in [-0.05, 0) is 42.5 Å². The van der Waals surface area contributed by atoms with Crippen molar-refractivity contribution < 1.29 is 4.79 Å². The van der Waals surface area contributed by atoms with Crippen LogP contribution in [0.2, 0.25) is 0 Å². The lowest BCUT2D eigenvalue weighted by Crippen LogP contribution is -2.26. The summed E-state index contributed by atoms with van der Waals surface area (Å²) in [7, 11) is 0. The molecule has 0 radical (unpaired) electrons. The highest BCUT2D eigenvalue weighted by molar-refractivity contribution is 5.98. The molecule has 0 unspecified atom stereocenters. The first-order chi connectivity index (χ1) is 10.2. The molecule has 112 valence electrons. The van der Waals surface area contributed by atoms with Crippen LogP contribution in [0.15, 0.2) is 30.5 Å². The second kappa shape index (κ2) is 6.33. The minimum absolute atomic E-state index is 0.0438. The highest BCUT2D eigenvalue weighted by Gasteiger charge is 2.18. The molecule has 1 heterocycles. The Balaban J connectivity index is 1.49. The molecule has 0 spiro atoms. The molecule has 1 saturated carbocycles. The number of fused-ring (bicyclic) bond motifs is 1. The number of aromatic amines is 1. The maximum Gasteiger partial charge on any atom is 0.251 e.